The molecular formula is C21H22ClNO6S. The van der Waals surface area contributed by atoms with Crippen molar-refractivity contribution in [2.24, 2.45) is 5.92 Å². The minimum atomic E-state index is -3.65. The molecule has 2 heterocycles. The van der Waals surface area contributed by atoms with Gasteiger partial charge >= 0.3 is 0 Å². The Morgan fingerprint density at radius 1 is 1.17 bits per heavy atom. The molecule has 0 saturated carbocycles. The van der Waals surface area contributed by atoms with Crippen LogP contribution in [0.3, 0.4) is 0 Å². The number of nitrogens with one attached hydrogen (secondary N) is 1. The maximum atomic E-state index is 13.1. The second-order valence-electron chi connectivity index (χ2n) is 7.86. The third-order valence-electron chi connectivity index (χ3n) is 5.67. The normalized spacial score (nSPS) is 25.7. The van der Waals surface area contributed by atoms with Gasteiger partial charge in [0.05, 0.1) is 22.4 Å². The van der Waals surface area contributed by atoms with Crippen molar-refractivity contribution in [2.45, 2.75) is 42.3 Å². The average molecular weight is 452 g/mol. The van der Waals surface area contributed by atoms with Gasteiger partial charge in [-0.25, -0.2) is 13.9 Å². The molecule has 0 aliphatic carbocycles. The van der Waals surface area contributed by atoms with Gasteiger partial charge in [-0.15, -0.1) is 0 Å². The highest BCUT2D eigenvalue weighted by molar-refractivity contribution is 7.91. The highest BCUT2D eigenvalue weighted by atomic mass is 35.5. The number of ether oxygens (including phenoxy) is 2. The van der Waals surface area contributed by atoms with E-state index in [1.165, 1.54) is 12.1 Å². The molecule has 0 spiro atoms. The van der Waals surface area contributed by atoms with Gasteiger partial charge in [0.2, 0.25) is 5.91 Å². The molecule has 2 aromatic rings. The summed E-state index contributed by atoms with van der Waals surface area (Å²) in [5.41, 5.74) is 0.774. The fourth-order valence-electron chi connectivity index (χ4n) is 4.30. The molecule has 2 fully saturated rings. The second-order valence-corrected chi connectivity index (χ2v) is 10.3. The molecule has 4 rings (SSSR count). The Morgan fingerprint density at radius 3 is 2.43 bits per heavy atom. The summed E-state index contributed by atoms with van der Waals surface area (Å²) in [7, 11) is -3.65. The van der Waals surface area contributed by atoms with Crippen molar-refractivity contribution < 1.29 is 27.9 Å². The average Bonchev–Trinajstić information content (AvgIpc) is 3.02. The van der Waals surface area contributed by atoms with Crippen LogP contribution < -0.4 is 10.2 Å². The molecule has 9 heteroatoms. The van der Waals surface area contributed by atoms with Crippen LogP contribution in [0.25, 0.3) is 0 Å². The number of hydrogen-bond donors (Lipinski definition) is 2. The molecule has 2 saturated heterocycles. The van der Waals surface area contributed by atoms with Crippen molar-refractivity contribution in [2.75, 3.05) is 5.75 Å². The molecule has 2 aliphatic rings. The Balaban J connectivity index is 1.48. The van der Waals surface area contributed by atoms with Crippen molar-refractivity contribution in [3.63, 3.8) is 0 Å². The van der Waals surface area contributed by atoms with Crippen LogP contribution in [-0.4, -0.2) is 37.0 Å². The van der Waals surface area contributed by atoms with Gasteiger partial charge < -0.3 is 9.47 Å². The van der Waals surface area contributed by atoms with E-state index in [4.69, 9.17) is 26.3 Å². The standard InChI is InChI=1S/C21H22ClNO6S/c22-15-1-3-16(4-2-15)28-17-5-7-19(8-6-17)30(26,27)13-21-10-9-18(29-21)11-14(12-21)20(24)23-25/h1-8,14,18,25H,9-13H2,(H,23,24). The Bertz CT molecular complexity index is 1020. The smallest absolute Gasteiger partial charge is 0.246 e. The van der Waals surface area contributed by atoms with Crippen LogP contribution in [0.2, 0.25) is 5.02 Å². The molecule has 2 aromatic carbocycles. The number of benzene rings is 2. The molecule has 1 amide bonds. The van der Waals surface area contributed by atoms with Gasteiger partial charge in [0.25, 0.3) is 0 Å². The lowest BCUT2D eigenvalue weighted by Gasteiger charge is -2.37. The number of halogens is 1. The van der Waals surface area contributed by atoms with Crippen LogP contribution in [0.1, 0.15) is 25.7 Å². The molecule has 3 atom stereocenters. The van der Waals surface area contributed by atoms with Crippen LogP contribution in [0.15, 0.2) is 53.4 Å². The molecule has 7 nitrogen and oxygen atoms in total. The number of fused-ring (bicyclic) bond motifs is 2. The number of amides is 1. The lowest BCUT2D eigenvalue weighted by molar-refractivity contribution is -0.144. The van der Waals surface area contributed by atoms with E-state index < -0.39 is 27.3 Å². The summed E-state index contributed by atoms with van der Waals surface area (Å²) < 4.78 is 37.8. The van der Waals surface area contributed by atoms with Crippen molar-refractivity contribution in [3.8, 4) is 11.5 Å². The molecule has 2 aliphatic heterocycles. The molecule has 30 heavy (non-hydrogen) atoms. The van der Waals surface area contributed by atoms with Crippen LogP contribution in [0.4, 0.5) is 0 Å². The van der Waals surface area contributed by atoms with E-state index in [9.17, 15) is 13.2 Å². The quantitative estimate of drug-likeness (QED) is 0.512. The highest BCUT2D eigenvalue weighted by Gasteiger charge is 2.50. The maximum Gasteiger partial charge on any atom is 0.246 e. The Morgan fingerprint density at radius 2 is 1.80 bits per heavy atom. The first-order valence-corrected chi connectivity index (χ1v) is 11.7. The van der Waals surface area contributed by atoms with Gasteiger partial charge in [0.1, 0.15) is 11.5 Å². The van der Waals surface area contributed by atoms with Gasteiger partial charge in [0, 0.05) is 10.9 Å². The fourth-order valence-corrected chi connectivity index (χ4v) is 6.17. The number of hydroxylamine groups is 1. The second kappa shape index (κ2) is 8.19. The fraction of sp³-hybridized carbons (Fsp3) is 0.381. The van der Waals surface area contributed by atoms with Crippen molar-refractivity contribution in [1.29, 1.82) is 0 Å². The molecular weight excluding hydrogens is 430 g/mol. The number of sulfone groups is 1. The maximum absolute atomic E-state index is 13.1. The predicted octanol–water partition coefficient (Wildman–Crippen LogP) is 3.74. The summed E-state index contributed by atoms with van der Waals surface area (Å²) in [6.07, 6.45) is 1.88. The van der Waals surface area contributed by atoms with Gasteiger partial charge in [-0.2, -0.15) is 0 Å². The van der Waals surface area contributed by atoms with Gasteiger partial charge in [0.15, 0.2) is 9.84 Å². The van der Waals surface area contributed by atoms with Gasteiger partial charge in [-0.1, -0.05) is 11.6 Å². The third-order valence-corrected chi connectivity index (χ3v) is 7.82. The van der Waals surface area contributed by atoms with Crippen LogP contribution in [0.5, 0.6) is 11.5 Å². The SMILES string of the molecule is O=C(NO)C1CC2CCC(CS(=O)(=O)c3ccc(Oc4ccc(Cl)cc4)cc3)(C1)O2. The van der Waals surface area contributed by atoms with E-state index in [0.29, 0.717) is 35.8 Å². The number of hydrogen-bond acceptors (Lipinski definition) is 6. The summed E-state index contributed by atoms with van der Waals surface area (Å²) in [5.74, 6) is -0.0562. The first-order chi connectivity index (χ1) is 14.3. The van der Waals surface area contributed by atoms with E-state index in [0.717, 1.165) is 0 Å². The molecule has 0 aromatic heterocycles. The summed E-state index contributed by atoms with van der Waals surface area (Å²) in [6, 6.07) is 13.1. The minimum Gasteiger partial charge on any atom is -0.457 e. The van der Waals surface area contributed by atoms with E-state index in [-0.39, 0.29) is 23.2 Å². The Labute approximate surface area is 179 Å². The van der Waals surface area contributed by atoms with Gasteiger partial charge in [-0.05, 0) is 74.2 Å². The van der Waals surface area contributed by atoms with Crippen LogP contribution >= 0.6 is 11.6 Å². The van der Waals surface area contributed by atoms with E-state index in [1.807, 2.05) is 0 Å². The highest BCUT2D eigenvalue weighted by Crippen LogP contribution is 2.45. The predicted molar refractivity (Wildman–Crippen MR) is 110 cm³/mol. The number of carbonyl (C=O) groups excluding carboxylic acids is 1. The van der Waals surface area contributed by atoms with Crippen LogP contribution in [0, 0.1) is 5.92 Å². The Kier molecular flexibility index (Phi) is 5.76. The first kappa shape index (κ1) is 21.1. The van der Waals surface area contributed by atoms with Crippen molar-refractivity contribution >= 4 is 27.3 Å². The van der Waals surface area contributed by atoms with Crippen molar-refractivity contribution in [1.82, 2.24) is 5.48 Å². The zero-order valence-corrected chi connectivity index (χ0v) is 17.7. The molecule has 2 bridgehead atoms. The minimum absolute atomic E-state index is 0.161. The summed E-state index contributed by atoms with van der Waals surface area (Å²) in [4.78, 5) is 12.1. The topological polar surface area (TPSA) is 102 Å². The first-order valence-electron chi connectivity index (χ1n) is 9.67. The van der Waals surface area contributed by atoms with Crippen LogP contribution in [-0.2, 0) is 19.4 Å². The number of carbonyl (C=O) groups is 1. The summed E-state index contributed by atoms with van der Waals surface area (Å²) in [5, 5.41) is 9.54. The largest absolute Gasteiger partial charge is 0.457 e. The van der Waals surface area contributed by atoms with Gasteiger partial charge in [-0.3, -0.25) is 10.0 Å². The molecule has 160 valence electrons. The summed E-state index contributed by atoms with van der Waals surface area (Å²) in [6.45, 7) is 0. The zero-order chi connectivity index (χ0) is 21.4. The summed E-state index contributed by atoms with van der Waals surface area (Å²) >= 11 is 5.86. The Hall–Kier alpha value is -2.13. The lowest BCUT2D eigenvalue weighted by atomic mass is 9.88. The van der Waals surface area contributed by atoms with E-state index >= 15 is 0 Å². The number of rotatable bonds is 6. The van der Waals surface area contributed by atoms with E-state index in [2.05, 4.69) is 0 Å². The lowest BCUT2D eigenvalue weighted by Crippen LogP contribution is -2.46. The van der Waals surface area contributed by atoms with E-state index in [1.54, 1.807) is 41.9 Å². The molecule has 3 unspecified atom stereocenters. The monoisotopic (exact) mass is 451 g/mol. The molecule has 2 N–H and O–H groups in total. The van der Waals surface area contributed by atoms with Crippen molar-refractivity contribution in [3.05, 3.63) is 53.6 Å². The molecule has 0 radical (unpaired) electrons. The zero-order valence-electron chi connectivity index (χ0n) is 16.1. The third kappa shape index (κ3) is 4.46.